The molecule has 12 heteroatoms. The lowest BCUT2D eigenvalue weighted by molar-refractivity contribution is -0.135. The molecule has 1 N–H and O–H groups in total. The summed E-state index contributed by atoms with van der Waals surface area (Å²) in [6, 6.07) is 11.2. The van der Waals surface area contributed by atoms with Crippen molar-refractivity contribution in [2.24, 2.45) is 0 Å². The van der Waals surface area contributed by atoms with Gasteiger partial charge in [-0.25, -0.2) is 14.4 Å². The number of phenolic OH excluding ortho intramolecular Hbond substituents is 1. The molecule has 3 rings (SSSR count). The van der Waals surface area contributed by atoms with E-state index < -0.39 is 23.7 Å². The van der Waals surface area contributed by atoms with E-state index in [2.05, 4.69) is 9.47 Å². The number of hydrogen-bond acceptors (Lipinski definition) is 12. The number of rotatable bonds is 13. The van der Waals surface area contributed by atoms with Gasteiger partial charge in [0, 0.05) is 24.3 Å². The van der Waals surface area contributed by atoms with Gasteiger partial charge in [-0.05, 0) is 53.6 Å². The van der Waals surface area contributed by atoms with Crippen molar-refractivity contribution in [2.75, 3.05) is 42.7 Å². The first-order valence-electron chi connectivity index (χ1n) is 13.1. The third-order valence-corrected chi connectivity index (χ3v) is 6.06. The molecule has 236 valence electrons. The van der Waals surface area contributed by atoms with Gasteiger partial charge >= 0.3 is 17.9 Å². The number of esters is 3. The van der Waals surface area contributed by atoms with Crippen molar-refractivity contribution in [2.45, 2.75) is 0 Å². The lowest BCUT2D eigenvalue weighted by atomic mass is 10.1. The maximum atomic E-state index is 12.1. The number of ether oxygens (including phenoxy) is 8. The van der Waals surface area contributed by atoms with E-state index in [9.17, 15) is 19.5 Å². The predicted octanol–water partition coefficient (Wildman–Crippen LogP) is 5.56. The second-order valence-electron chi connectivity index (χ2n) is 8.76. The maximum Gasteiger partial charge on any atom is 0.330 e. The first-order chi connectivity index (χ1) is 21.7. The Morgan fingerprint density at radius 3 is 1.42 bits per heavy atom. The van der Waals surface area contributed by atoms with Crippen LogP contribution in [0.1, 0.15) is 16.7 Å². The zero-order valence-corrected chi connectivity index (χ0v) is 25.4. The van der Waals surface area contributed by atoms with Crippen molar-refractivity contribution in [1.82, 2.24) is 0 Å². The highest BCUT2D eigenvalue weighted by atomic mass is 16.5. The number of aromatic hydroxyl groups is 1. The molecule has 0 spiro atoms. The molecule has 0 aliphatic rings. The molecule has 3 aromatic carbocycles. The summed E-state index contributed by atoms with van der Waals surface area (Å²) in [7, 11) is 7.95. The number of carbonyl (C=O) groups excluding carboxylic acids is 3. The molecule has 0 radical (unpaired) electrons. The van der Waals surface area contributed by atoms with Crippen molar-refractivity contribution >= 4 is 36.1 Å². The predicted molar refractivity (Wildman–Crippen MR) is 164 cm³/mol. The van der Waals surface area contributed by atoms with Gasteiger partial charge in [-0.3, -0.25) is 0 Å². The standard InChI is InChI=1S/C33H32O12/c1-38-23-12-7-20(9-14-29(34)41-4)17-26(23)44-25-19-28(40-3)32(37)33(22(25)11-16-31(36)43-6)45-27-18-21(8-13-24(27)39-2)10-15-30(35)42-5/h7-19,37H,1-6H3/b14-9+,15-10-,16-11+. The van der Waals surface area contributed by atoms with Crippen molar-refractivity contribution in [1.29, 1.82) is 0 Å². The highest BCUT2D eigenvalue weighted by Gasteiger charge is 2.23. The number of methoxy groups -OCH3 is 6. The molecule has 0 aliphatic carbocycles. The Hall–Kier alpha value is -5.91. The number of hydrogen-bond donors (Lipinski definition) is 1. The Kier molecular flexibility index (Phi) is 12.0. The molecule has 0 saturated heterocycles. The third-order valence-electron chi connectivity index (χ3n) is 6.06. The summed E-state index contributed by atoms with van der Waals surface area (Å²) in [6.45, 7) is 0. The number of benzene rings is 3. The van der Waals surface area contributed by atoms with Crippen molar-refractivity contribution in [3.63, 3.8) is 0 Å². The third kappa shape index (κ3) is 8.80. The molecule has 3 aromatic rings. The molecule has 0 heterocycles. The molecule has 0 aromatic heterocycles. The maximum absolute atomic E-state index is 12.1. The van der Waals surface area contributed by atoms with Crippen LogP contribution in [0, 0.1) is 0 Å². The van der Waals surface area contributed by atoms with Gasteiger partial charge in [0.15, 0.2) is 34.5 Å². The van der Waals surface area contributed by atoms with Gasteiger partial charge in [-0.15, -0.1) is 0 Å². The largest absolute Gasteiger partial charge is 0.502 e. The molecule has 0 unspecified atom stereocenters. The van der Waals surface area contributed by atoms with Gasteiger partial charge in [0.2, 0.25) is 5.75 Å². The van der Waals surface area contributed by atoms with Gasteiger partial charge in [0.05, 0.1) is 48.2 Å². The van der Waals surface area contributed by atoms with Gasteiger partial charge in [0.1, 0.15) is 5.75 Å². The topological polar surface area (TPSA) is 145 Å². The van der Waals surface area contributed by atoms with Crippen LogP contribution in [0.2, 0.25) is 0 Å². The zero-order chi connectivity index (χ0) is 32.9. The molecule has 0 bridgehead atoms. The second-order valence-corrected chi connectivity index (χ2v) is 8.76. The minimum atomic E-state index is -0.692. The van der Waals surface area contributed by atoms with Crippen LogP contribution >= 0.6 is 0 Å². The Balaban J connectivity index is 2.23. The van der Waals surface area contributed by atoms with Crippen molar-refractivity contribution in [3.05, 3.63) is 77.4 Å². The van der Waals surface area contributed by atoms with Gasteiger partial charge in [-0.1, -0.05) is 12.1 Å². The van der Waals surface area contributed by atoms with Crippen LogP contribution in [-0.4, -0.2) is 65.7 Å². The monoisotopic (exact) mass is 620 g/mol. The molecule has 0 saturated carbocycles. The number of carbonyl (C=O) groups is 3. The van der Waals surface area contributed by atoms with E-state index in [0.717, 1.165) is 6.08 Å². The van der Waals surface area contributed by atoms with E-state index in [1.165, 1.54) is 79.1 Å². The molecule has 0 aliphatic heterocycles. The summed E-state index contributed by atoms with van der Waals surface area (Å²) in [5.41, 5.74) is 1.23. The van der Waals surface area contributed by atoms with E-state index in [0.29, 0.717) is 16.9 Å². The normalized spacial score (nSPS) is 11.0. The smallest absolute Gasteiger partial charge is 0.330 e. The van der Waals surface area contributed by atoms with Gasteiger partial charge < -0.3 is 43.0 Å². The average molecular weight is 621 g/mol. The lowest BCUT2D eigenvalue weighted by Crippen LogP contribution is -2.00. The fourth-order valence-electron chi connectivity index (χ4n) is 3.78. The Morgan fingerprint density at radius 2 is 0.978 bits per heavy atom. The van der Waals surface area contributed by atoms with Crippen LogP contribution in [-0.2, 0) is 28.6 Å². The van der Waals surface area contributed by atoms with Gasteiger partial charge in [0.25, 0.3) is 0 Å². The fraction of sp³-hybridized carbons (Fsp3) is 0.182. The van der Waals surface area contributed by atoms with Crippen LogP contribution in [0.4, 0.5) is 0 Å². The Labute approximate surface area is 259 Å². The molecule has 45 heavy (non-hydrogen) atoms. The van der Waals surface area contributed by atoms with E-state index in [-0.39, 0.29) is 40.1 Å². The van der Waals surface area contributed by atoms with E-state index in [1.54, 1.807) is 36.4 Å². The van der Waals surface area contributed by atoms with E-state index in [1.807, 2.05) is 0 Å². The van der Waals surface area contributed by atoms with Gasteiger partial charge in [-0.2, -0.15) is 0 Å². The minimum Gasteiger partial charge on any atom is -0.502 e. The molecular weight excluding hydrogens is 588 g/mol. The Morgan fingerprint density at radius 1 is 0.533 bits per heavy atom. The highest BCUT2D eigenvalue weighted by molar-refractivity contribution is 5.90. The molecule has 12 nitrogen and oxygen atoms in total. The summed E-state index contributed by atoms with van der Waals surface area (Å²) in [6.07, 6.45) is 7.94. The summed E-state index contributed by atoms with van der Waals surface area (Å²) in [5.74, 6) is -1.38. The lowest BCUT2D eigenvalue weighted by Gasteiger charge is -2.19. The molecule has 0 fully saturated rings. The highest BCUT2D eigenvalue weighted by Crippen LogP contribution is 2.50. The quantitative estimate of drug-likeness (QED) is 0.145. The molecular formula is C33H32O12. The van der Waals surface area contributed by atoms with Crippen LogP contribution in [0.15, 0.2) is 60.7 Å². The summed E-state index contributed by atoms with van der Waals surface area (Å²) >= 11 is 0. The Bertz CT molecular complexity index is 1640. The minimum absolute atomic E-state index is 0.0309. The first-order valence-corrected chi connectivity index (χ1v) is 13.1. The van der Waals surface area contributed by atoms with Crippen molar-refractivity contribution in [3.8, 4) is 46.0 Å². The second kappa shape index (κ2) is 16.1. The SMILES string of the molecule is COC(=O)/C=C\c1ccc(OC)c(Oc2c(O)c(OC)cc(Oc3cc(/C=C/C(=O)OC)ccc3OC)c2/C=C/C(=O)OC)c1. The van der Waals surface area contributed by atoms with Crippen LogP contribution in [0.3, 0.4) is 0 Å². The summed E-state index contributed by atoms with van der Waals surface area (Å²) < 4.78 is 42.8. The van der Waals surface area contributed by atoms with Crippen LogP contribution < -0.4 is 23.7 Å². The number of phenols is 1. The molecule has 0 atom stereocenters. The van der Waals surface area contributed by atoms with Crippen LogP contribution in [0.5, 0.6) is 46.0 Å². The fourth-order valence-corrected chi connectivity index (χ4v) is 3.78. The average Bonchev–Trinajstić information content (AvgIpc) is 3.06. The molecule has 0 amide bonds. The van der Waals surface area contributed by atoms with Crippen LogP contribution in [0.25, 0.3) is 18.2 Å². The van der Waals surface area contributed by atoms with Crippen molar-refractivity contribution < 1.29 is 57.4 Å². The first kappa shape index (κ1) is 33.6. The summed E-state index contributed by atoms with van der Waals surface area (Å²) in [5, 5.41) is 11.2. The summed E-state index contributed by atoms with van der Waals surface area (Å²) in [4.78, 5) is 35.4. The zero-order valence-electron chi connectivity index (χ0n) is 25.4. The van der Waals surface area contributed by atoms with E-state index in [4.69, 9.17) is 28.4 Å². The van der Waals surface area contributed by atoms with E-state index >= 15 is 0 Å².